The first kappa shape index (κ1) is 14.8. The number of benzene rings is 2. The molecule has 0 saturated carbocycles. The maximum atomic E-state index is 6.27. The van der Waals surface area contributed by atoms with Crippen molar-refractivity contribution in [2.24, 2.45) is 5.73 Å². The topological polar surface area (TPSA) is 44.5 Å². The molecule has 1 unspecified atom stereocenters. The average molecular weight is 345 g/mol. The van der Waals surface area contributed by atoms with Gasteiger partial charge in [-0.25, -0.2) is 0 Å². The molecule has 0 saturated heterocycles. The molecule has 3 nitrogen and oxygen atoms in total. The molecule has 110 valence electrons. The van der Waals surface area contributed by atoms with E-state index < -0.39 is 0 Å². The van der Waals surface area contributed by atoms with Crippen LogP contribution in [0.15, 0.2) is 30.3 Å². The summed E-state index contributed by atoms with van der Waals surface area (Å²) >= 11 is 18.5. The van der Waals surface area contributed by atoms with Crippen LogP contribution < -0.4 is 15.2 Å². The van der Waals surface area contributed by atoms with Crippen LogP contribution in [0.25, 0.3) is 11.1 Å². The van der Waals surface area contributed by atoms with Crippen LogP contribution >= 0.6 is 34.8 Å². The SMILES string of the molecule is NCC1COc2cc(Cl)cc(-c3cc(Cl)ccc3Cl)c2O1. The molecule has 0 amide bonds. The molecule has 2 N–H and O–H groups in total. The van der Waals surface area contributed by atoms with Crippen LogP contribution in [0, 0.1) is 0 Å². The number of halogens is 3. The van der Waals surface area contributed by atoms with Crippen molar-refractivity contribution in [3.05, 3.63) is 45.4 Å². The van der Waals surface area contributed by atoms with E-state index in [2.05, 4.69) is 0 Å². The molecule has 0 aliphatic carbocycles. The monoisotopic (exact) mass is 343 g/mol. The van der Waals surface area contributed by atoms with Crippen molar-refractivity contribution in [2.45, 2.75) is 6.10 Å². The Bertz CT molecular complexity index is 691. The lowest BCUT2D eigenvalue weighted by molar-refractivity contribution is 0.0976. The van der Waals surface area contributed by atoms with Crippen molar-refractivity contribution in [1.29, 1.82) is 0 Å². The Morgan fingerprint density at radius 3 is 2.57 bits per heavy atom. The first-order valence-corrected chi connectivity index (χ1v) is 7.50. The van der Waals surface area contributed by atoms with Gasteiger partial charge in [0.25, 0.3) is 0 Å². The van der Waals surface area contributed by atoms with Crippen LogP contribution in [0.5, 0.6) is 11.5 Å². The third-order valence-electron chi connectivity index (χ3n) is 3.21. The number of hydrogen-bond acceptors (Lipinski definition) is 3. The zero-order chi connectivity index (χ0) is 15.0. The smallest absolute Gasteiger partial charge is 0.169 e. The van der Waals surface area contributed by atoms with E-state index in [0.717, 1.165) is 11.1 Å². The van der Waals surface area contributed by atoms with Crippen molar-refractivity contribution in [2.75, 3.05) is 13.2 Å². The van der Waals surface area contributed by atoms with E-state index in [1.54, 1.807) is 30.3 Å². The lowest BCUT2D eigenvalue weighted by Gasteiger charge is -2.28. The van der Waals surface area contributed by atoms with Gasteiger partial charge >= 0.3 is 0 Å². The molecule has 1 heterocycles. The van der Waals surface area contributed by atoms with Gasteiger partial charge in [0.15, 0.2) is 11.5 Å². The highest BCUT2D eigenvalue weighted by atomic mass is 35.5. The molecule has 0 spiro atoms. The molecular formula is C15H12Cl3NO2. The fourth-order valence-electron chi connectivity index (χ4n) is 2.20. The molecular weight excluding hydrogens is 333 g/mol. The van der Waals surface area contributed by atoms with Gasteiger partial charge in [-0.1, -0.05) is 34.8 Å². The van der Waals surface area contributed by atoms with E-state index in [0.29, 0.717) is 39.7 Å². The Morgan fingerprint density at radius 2 is 1.81 bits per heavy atom. The normalized spacial score (nSPS) is 16.9. The molecule has 1 aliphatic heterocycles. The molecule has 3 rings (SSSR count). The second kappa shape index (κ2) is 5.93. The second-order valence-corrected chi connectivity index (χ2v) is 5.97. The largest absolute Gasteiger partial charge is 0.486 e. The van der Waals surface area contributed by atoms with Crippen LogP contribution in [0.3, 0.4) is 0 Å². The number of fused-ring (bicyclic) bond motifs is 1. The summed E-state index contributed by atoms with van der Waals surface area (Å²) in [5.74, 6) is 1.17. The standard InChI is InChI=1S/C15H12Cl3NO2/c16-8-1-2-13(18)11(3-8)12-4-9(17)5-14-15(12)21-10(6-19)7-20-14/h1-5,10H,6-7,19H2. The van der Waals surface area contributed by atoms with Gasteiger partial charge in [-0.3, -0.25) is 0 Å². The summed E-state index contributed by atoms with van der Waals surface area (Å²) in [6.07, 6.45) is -0.199. The third-order valence-corrected chi connectivity index (χ3v) is 3.99. The van der Waals surface area contributed by atoms with Crippen molar-refractivity contribution >= 4 is 34.8 Å². The van der Waals surface area contributed by atoms with Crippen LogP contribution in [0.4, 0.5) is 0 Å². The van der Waals surface area contributed by atoms with Gasteiger partial charge in [-0.15, -0.1) is 0 Å². The number of hydrogen-bond donors (Lipinski definition) is 1. The molecule has 1 aliphatic rings. The van der Waals surface area contributed by atoms with E-state index in [9.17, 15) is 0 Å². The minimum absolute atomic E-state index is 0.199. The molecule has 6 heteroatoms. The van der Waals surface area contributed by atoms with Crippen molar-refractivity contribution in [3.8, 4) is 22.6 Å². The summed E-state index contributed by atoms with van der Waals surface area (Å²) in [4.78, 5) is 0. The Hall–Kier alpha value is -1.13. The molecule has 1 atom stereocenters. The van der Waals surface area contributed by atoms with Crippen molar-refractivity contribution < 1.29 is 9.47 Å². The van der Waals surface area contributed by atoms with Gasteiger partial charge in [-0.2, -0.15) is 0 Å². The number of nitrogens with two attached hydrogens (primary N) is 1. The summed E-state index contributed by atoms with van der Waals surface area (Å²) in [6, 6.07) is 8.72. The molecule has 2 aromatic rings. The lowest BCUT2D eigenvalue weighted by atomic mass is 10.0. The van der Waals surface area contributed by atoms with Crippen LogP contribution in [0.1, 0.15) is 0 Å². The van der Waals surface area contributed by atoms with Crippen LogP contribution in [-0.4, -0.2) is 19.3 Å². The molecule has 2 aromatic carbocycles. The van der Waals surface area contributed by atoms with Gasteiger partial charge in [0.1, 0.15) is 12.7 Å². The van der Waals surface area contributed by atoms with E-state index in [1.165, 1.54) is 0 Å². The highest BCUT2D eigenvalue weighted by Crippen LogP contribution is 2.45. The van der Waals surface area contributed by atoms with Gasteiger partial charge in [0, 0.05) is 38.8 Å². The molecule has 0 radical (unpaired) electrons. The predicted molar refractivity (Wildman–Crippen MR) is 85.9 cm³/mol. The summed E-state index contributed by atoms with van der Waals surface area (Å²) in [5.41, 5.74) is 7.13. The molecule has 0 bridgehead atoms. The molecule has 21 heavy (non-hydrogen) atoms. The minimum Gasteiger partial charge on any atom is -0.486 e. The predicted octanol–water partition coefficient (Wildman–Crippen LogP) is 4.41. The van der Waals surface area contributed by atoms with Gasteiger partial charge in [0.05, 0.1) is 0 Å². The number of rotatable bonds is 2. The van der Waals surface area contributed by atoms with Crippen LogP contribution in [0.2, 0.25) is 15.1 Å². The summed E-state index contributed by atoms with van der Waals surface area (Å²) in [6.45, 7) is 0.761. The lowest BCUT2D eigenvalue weighted by Crippen LogP contribution is -2.35. The third kappa shape index (κ3) is 2.92. The first-order valence-electron chi connectivity index (χ1n) is 6.37. The van der Waals surface area contributed by atoms with Crippen LogP contribution in [-0.2, 0) is 0 Å². The summed E-state index contributed by atoms with van der Waals surface area (Å²) in [7, 11) is 0. The van der Waals surface area contributed by atoms with E-state index in [-0.39, 0.29) is 6.10 Å². The Labute approximate surface area is 137 Å². The van der Waals surface area contributed by atoms with Gasteiger partial charge in [0.2, 0.25) is 0 Å². The van der Waals surface area contributed by atoms with E-state index >= 15 is 0 Å². The molecule has 0 aromatic heterocycles. The van der Waals surface area contributed by atoms with Gasteiger partial charge in [-0.05, 0) is 24.3 Å². The first-order chi connectivity index (χ1) is 10.1. The van der Waals surface area contributed by atoms with E-state index in [1.807, 2.05) is 0 Å². The summed E-state index contributed by atoms with van der Waals surface area (Å²) in [5, 5.41) is 1.67. The zero-order valence-corrected chi connectivity index (χ0v) is 13.2. The van der Waals surface area contributed by atoms with E-state index in [4.69, 9.17) is 50.0 Å². The Kier molecular flexibility index (Phi) is 4.18. The quantitative estimate of drug-likeness (QED) is 0.877. The highest BCUT2D eigenvalue weighted by molar-refractivity contribution is 6.36. The van der Waals surface area contributed by atoms with Crippen molar-refractivity contribution in [3.63, 3.8) is 0 Å². The maximum Gasteiger partial charge on any atom is 0.169 e. The summed E-state index contributed by atoms with van der Waals surface area (Å²) < 4.78 is 11.6. The minimum atomic E-state index is -0.199. The Balaban J connectivity index is 2.18. The highest BCUT2D eigenvalue weighted by Gasteiger charge is 2.25. The zero-order valence-electron chi connectivity index (χ0n) is 10.9. The van der Waals surface area contributed by atoms with Gasteiger partial charge < -0.3 is 15.2 Å². The average Bonchev–Trinajstić information content (AvgIpc) is 2.48. The number of ether oxygens (including phenoxy) is 2. The van der Waals surface area contributed by atoms with Crippen molar-refractivity contribution in [1.82, 2.24) is 0 Å². The fraction of sp³-hybridized carbons (Fsp3) is 0.200. The fourth-order valence-corrected chi connectivity index (χ4v) is 2.80. The maximum absolute atomic E-state index is 6.27. The molecule has 0 fully saturated rings. The second-order valence-electron chi connectivity index (χ2n) is 4.69. The Morgan fingerprint density at radius 1 is 1.05 bits per heavy atom.